The van der Waals surface area contributed by atoms with Crippen LogP contribution < -0.4 is 5.48 Å². The van der Waals surface area contributed by atoms with Gasteiger partial charge in [-0.2, -0.15) is 0 Å². The maximum absolute atomic E-state index is 8.88. The summed E-state index contributed by atoms with van der Waals surface area (Å²) in [5, 5.41) is 9.71. The molecule has 6 N–H and O–H groups in total. The zero-order valence-corrected chi connectivity index (χ0v) is 10.3. The molecule has 7 nitrogen and oxygen atoms in total. The van der Waals surface area contributed by atoms with Crippen LogP contribution in [0.2, 0.25) is 0 Å². The van der Waals surface area contributed by atoms with Crippen LogP contribution in [0.1, 0.15) is 5.56 Å². The number of hydroxylamine groups is 1. The third kappa shape index (κ3) is 5.42. The second-order valence-electron chi connectivity index (χ2n) is 3.53. The first-order valence-corrected chi connectivity index (χ1v) is 6.68. The van der Waals surface area contributed by atoms with Gasteiger partial charge in [-0.3, -0.25) is 0 Å². The Morgan fingerprint density at radius 1 is 1.22 bits per heavy atom. The summed E-state index contributed by atoms with van der Waals surface area (Å²) >= 11 is 0. The predicted octanol–water partition coefficient (Wildman–Crippen LogP) is 0.761. The molecular formula is C10H15N2O5P. The van der Waals surface area contributed by atoms with Crippen molar-refractivity contribution in [1.29, 1.82) is 0 Å². The molecule has 2 rings (SSSR count). The monoisotopic (exact) mass is 274 g/mol. The Kier molecular flexibility index (Phi) is 5.49. The highest BCUT2D eigenvalue weighted by atomic mass is 31.2. The lowest BCUT2D eigenvalue weighted by molar-refractivity contribution is 0.168. The first-order valence-electron chi connectivity index (χ1n) is 5.12. The molecule has 1 aromatic heterocycles. The van der Waals surface area contributed by atoms with E-state index >= 15 is 0 Å². The minimum Gasteiger partial charge on any atom is -0.361 e. The van der Waals surface area contributed by atoms with Gasteiger partial charge in [-0.1, -0.05) is 18.2 Å². The van der Waals surface area contributed by atoms with Crippen molar-refractivity contribution in [3.63, 3.8) is 0 Å². The summed E-state index contributed by atoms with van der Waals surface area (Å²) < 4.78 is 8.88. The fourth-order valence-electron chi connectivity index (χ4n) is 1.53. The lowest BCUT2D eigenvalue weighted by Gasteiger charge is -1.96. The molecular weight excluding hydrogens is 259 g/mol. The van der Waals surface area contributed by atoms with Crippen LogP contribution in [0.5, 0.6) is 0 Å². The first kappa shape index (κ1) is 14.8. The number of para-hydroxylation sites is 1. The maximum Gasteiger partial charge on any atom is 0.466 e. The van der Waals surface area contributed by atoms with Crippen LogP contribution in [0.15, 0.2) is 30.5 Å². The van der Waals surface area contributed by atoms with E-state index in [0.717, 1.165) is 11.9 Å². The molecule has 1 heterocycles. The van der Waals surface area contributed by atoms with Crippen LogP contribution >= 0.6 is 7.82 Å². The van der Waals surface area contributed by atoms with E-state index in [9.17, 15) is 0 Å². The Labute approximate surface area is 103 Å². The summed E-state index contributed by atoms with van der Waals surface area (Å²) in [5.74, 6) is 0. The number of H-pyrrole nitrogens is 1. The molecule has 0 amide bonds. The van der Waals surface area contributed by atoms with Crippen LogP contribution in [0, 0.1) is 0 Å². The zero-order valence-electron chi connectivity index (χ0n) is 9.45. The van der Waals surface area contributed by atoms with Crippen molar-refractivity contribution in [3.05, 3.63) is 36.0 Å². The summed E-state index contributed by atoms with van der Waals surface area (Å²) in [4.78, 5) is 24.8. The number of aromatic nitrogens is 1. The molecule has 1 aromatic carbocycles. The first-order chi connectivity index (χ1) is 8.42. The molecule has 0 saturated heterocycles. The van der Waals surface area contributed by atoms with Gasteiger partial charge in [0.05, 0.1) is 0 Å². The van der Waals surface area contributed by atoms with Crippen LogP contribution in [-0.2, 0) is 11.0 Å². The van der Waals surface area contributed by atoms with E-state index in [1.807, 2.05) is 24.4 Å². The number of nitrogens with one attached hydrogen (secondary N) is 2. The molecule has 0 spiro atoms. The van der Waals surface area contributed by atoms with Gasteiger partial charge in [0.2, 0.25) is 0 Å². The molecule has 0 aliphatic heterocycles. The van der Waals surface area contributed by atoms with Gasteiger partial charge in [0.1, 0.15) is 0 Å². The highest BCUT2D eigenvalue weighted by Gasteiger charge is 2.01. The molecule has 0 saturated carbocycles. The van der Waals surface area contributed by atoms with Crippen LogP contribution in [0.4, 0.5) is 0 Å². The number of hydrogen-bond acceptors (Lipinski definition) is 3. The fraction of sp³-hybridized carbons (Fsp3) is 0.200. The van der Waals surface area contributed by atoms with Gasteiger partial charge in [-0.05, 0) is 18.1 Å². The van der Waals surface area contributed by atoms with E-state index in [1.165, 1.54) is 10.9 Å². The predicted molar refractivity (Wildman–Crippen MR) is 66.1 cm³/mol. The average Bonchev–Trinajstić information content (AvgIpc) is 2.67. The SMILES string of the molecule is O=P(O)(O)O.ONCCc1c[nH]c2ccccc12. The molecule has 0 bridgehead atoms. The van der Waals surface area contributed by atoms with E-state index in [4.69, 9.17) is 24.5 Å². The summed E-state index contributed by atoms with van der Waals surface area (Å²) in [6.07, 6.45) is 2.82. The third-order valence-electron chi connectivity index (χ3n) is 2.18. The van der Waals surface area contributed by atoms with Gasteiger partial charge in [0.25, 0.3) is 0 Å². The number of fused-ring (bicyclic) bond motifs is 1. The van der Waals surface area contributed by atoms with Crippen LogP contribution in [0.3, 0.4) is 0 Å². The van der Waals surface area contributed by atoms with Crippen LogP contribution in [0.25, 0.3) is 10.9 Å². The number of aromatic amines is 1. The van der Waals surface area contributed by atoms with E-state index in [1.54, 1.807) is 0 Å². The molecule has 0 aliphatic rings. The molecule has 0 atom stereocenters. The molecule has 8 heteroatoms. The Hall–Kier alpha value is -1.21. The molecule has 100 valence electrons. The van der Waals surface area contributed by atoms with Gasteiger partial charge in [0.15, 0.2) is 0 Å². The lowest BCUT2D eigenvalue weighted by atomic mass is 10.1. The van der Waals surface area contributed by atoms with Crippen molar-refractivity contribution >= 4 is 18.7 Å². The van der Waals surface area contributed by atoms with Gasteiger partial charge >= 0.3 is 7.82 Å². The van der Waals surface area contributed by atoms with Crippen molar-refractivity contribution in [2.75, 3.05) is 6.54 Å². The second kappa shape index (κ2) is 6.65. The van der Waals surface area contributed by atoms with Crippen molar-refractivity contribution in [2.45, 2.75) is 6.42 Å². The van der Waals surface area contributed by atoms with Crippen molar-refractivity contribution in [1.82, 2.24) is 10.5 Å². The number of benzene rings is 1. The van der Waals surface area contributed by atoms with E-state index in [0.29, 0.717) is 6.54 Å². The Bertz CT molecular complexity index is 528. The van der Waals surface area contributed by atoms with E-state index in [-0.39, 0.29) is 0 Å². The molecule has 0 radical (unpaired) electrons. The molecule has 0 aliphatic carbocycles. The van der Waals surface area contributed by atoms with Gasteiger partial charge in [0, 0.05) is 23.6 Å². The standard InChI is InChI=1S/C10H12N2O.H3O4P/c13-12-6-5-8-7-11-10-4-2-1-3-9(8)10;1-5(2,3)4/h1-4,7,11-13H,5-6H2;(H3,1,2,3,4). The summed E-state index contributed by atoms with van der Waals surface area (Å²) in [5.41, 5.74) is 4.54. The smallest absolute Gasteiger partial charge is 0.361 e. The van der Waals surface area contributed by atoms with Crippen molar-refractivity contribution in [3.8, 4) is 0 Å². The normalized spacial score (nSPS) is 11.1. The molecule has 18 heavy (non-hydrogen) atoms. The zero-order chi connectivity index (χ0) is 13.6. The van der Waals surface area contributed by atoms with E-state index in [2.05, 4.69) is 16.5 Å². The summed E-state index contributed by atoms with van der Waals surface area (Å²) in [7, 11) is -4.64. The van der Waals surface area contributed by atoms with Crippen LogP contribution in [-0.4, -0.2) is 31.4 Å². The minimum atomic E-state index is -4.64. The Morgan fingerprint density at radius 3 is 2.44 bits per heavy atom. The second-order valence-corrected chi connectivity index (χ2v) is 4.56. The fourth-order valence-corrected chi connectivity index (χ4v) is 1.53. The summed E-state index contributed by atoms with van der Waals surface area (Å²) in [6, 6.07) is 8.16. The lowest BCUT2D eigenvalue weighted by Crippen LogP contribution is -2.10. The number of hydrogen-bond donors (Lipinski definition) is 6. The van der Waals surface area contributed by atoms with Gasteiger partial charge in [-0.25, -0.2) is 10.0 Å². The number of phosphoric acid groups is 1. The van der Waals surface area contributed by atoms with E-state index < -0.39 is 7.82 Å². The van der Waals surface area contributed by atoms with Gasteiger partial charge < -0.3 is 24.9 Å². The number of rotatable bonds is 3. The average molecular weight is 274 g/mol. The quantitative estimate of drug-likeness (QED) is 0.362. The largest absolute Gasteiger partial charge is 0.466 e. The minimum absolute atomic E-state index is 0.585. The molecule has 0 unspecified atom stereocenters. The van der Waals surface area contributed by atoms with Gasteiger partial charge in [-0.15, -0.1) is 0 Å². The van der Waals surface area contributed by atoms with Crippen molar-refractivity contribution < 1.29 is 24.5 Å². The topological polar surface area (TPSA) is 126 Å². The van der Waals surface area contributed by atoms with Crippen molar-refractivity contribution in [2.24, 2.45) is 0 Å². The summed E-state index contributed by atoms with van der Waals surface area (Å²) in [6.45, 7) is 0.585. The third-order valence-corrected chi connectivity index (χ3v) is 2.18. The molecule has 2 aromatic rings. The maximum atomic E-state index is 8.88. The highest BCUT2D eigenvalue weighted by Crippen LogP contribution is 2.25. The Morgan fingerprint density at radius 2 is 1.83 bits per heavy atom. The molecule has 0 fully saturated rings. The highest BCUT2D eigenvalue weighted by molar-refractivity contribution is 7.45. The Balaban J connectivity index is 0.000000280.